The van der Waals surface area contributed by atoms with Crippen LogP contribution in [0.15, 0.2) is 16.3 Å². The van der Waals surface area contributed by atoms with Crippen molar-refractivity contribution in [3.8, 4) is 5.75 Å². The Morgan fingerprint density at radius 2 is 1.97 bits per heavy atom. The summed E-state index contributed by atoms with van der Waals surface area (Å²) in [5.41, 5.74) is 3.71. The number of carbonyl (C=O) groups is 1. The van der Waals surface area contributed by atoms with Crippen LogP contribution in [0.1, 0.15) is 57.8 Å². The first-order valence-electron chi connectivity index (χ1n) is 10.3. The van der Waals surface area contributed by atoms with Gasteiger partial charge in [0.1, 0.15) is 9.96 Å². The number of phenols is 1. The molecule has 1 aromatic heterocycles. The molecule has 1 atom stereocenters. The number of ether oxygens (including phenoxy) is 1. The molecule has 1 aromatic carbocycles. The average molecular weight is 467 g/mol. The number of carbonyl (C=O) groups excluding carboxylic acids is 1. The Kier molecular flexibility index (Phi) is 7.10. The van der Waals surface area contributed by atoms with E-state index < -0.39 is 16.0 Å². The molecule has 2 heterocycles. The predicted octanol–water partition coefficient (Wildman–Crippen LogP) is 3.49. The van der Waals surface area contributed by atoms with E-state index in [0.29, 0.717) is 38.2 Å². The Bertz CT molecular complexity index is 1070. The second-order valence-corrected chi connectivity index (χ2v) is 11.1. The van der Waals surface area contributed by atoms with Crippen molar-refractivity contribution in [3.63, 3.8) is 0 Å². The summed E-state index contributed by atoms with van der Waals surface area (Å²) in [5, 5.41) is 10.0. The molecular formula is C22H30N2O5S2. The maximum absolute atomic E-state index is 13.0. The number of nitrogens with one attached hydrogen (secondary N) is 1. The smallest absolute Gasteiger partial charge is 0.340 e. The van der Waals surface area contributed by atoms with Gasteiger partial charge in [-0.25, -0.2) is 17.9 Å². The van der Waals surface area contributed by atoms with E-state index in [4.69, 9.17) is 4.74 Å². The molecule has 0 aliphatic carbocycles. The minimum absolute atomic E-state index is 0.0443. The molecule has 9 heteroatoms. The number of benzene rings is 1. The zero-order valence-electron chi connectivity index (χ0n) is 18.6. The molecule has 0 fully saturated rings. The molecule has 2 N–H and O–H groups in total. The lowest BCUT2D eigenvalue weighted by atomic mass is 10.0. The summed E-state index contributed by atoms with van der Waals surface area (Å²) >= 11 is 1.16. The molecular weight excluding hydrogens is 436 g/mol. The Balaban J connectivity index is 1.92. The van der Waals surface area contributed by atoms with Crippen LogP contribution in [0.5, 0.6) is 5.75 Å². The van der Waals surface area contributed by atoms with Crippen molar-refractivity contribution < 1.29 is 23.1 Å². The number of phenolic OH excluding ortho intramolecular Hbond substituents is 1. The molecule has 0 amide bonds. The fourth-order valence-corrected chi connectivity index (χ4v) is 7.13. The highest BCUT2D eigenvalue weighted by Gasteiger charge is 2.34. The standard InChI is InChI=1S/C22H30N2O5S2/c1-6-15(4)23-31(27,28)22-19(21(26)29-5)17-7-8-24(12-18(17)30-22)11-16-9-13(2)20(25)14(3)10-16/h9-10,15,23,25H,6-8,11-12H2,1-5H3. The van der Waals surface area contributed by atoms with Gasteiger partial charge in [-0.3, -0.25) is 4.90 Å². The predicted molar refractivity (Wildman–Crippen MR) is 121 cm³/mol. The quantitative estimate of drug-likeness (QED) is 0.607. The summed E-state index contributed by atoms with van der Waals surface area (Å²) in [4.78, 5) is 15.6. The number of methoxy groups -OCH3 is 1. The van der Waals surface area contributed by atoms with E-state index in [0.717, 1.165) is 38.5 Å². The highest BCUT2D eigenvalue weighted by Crippen LogP contribution is 2.37. The molecule has 0 bridgehead atoms. The number of thiophene rings is 1. The largest absolute Gasteiger partial charge is 0.507 e. The average Bonchev–Trinajstić information content (AvgIpc) is 3.10. The molecule has 31 heavy (non-hydrogen) atoms. The maximum Gasteiger partial charge on any atom is 0.340 e. The zero-order chi connectivity index (χ0) is 22.9. The lowest BCUT2D eigenvalue weighted by Crippen LogP contribution is -2.32. The van der Waals surface area contributed by atoms with Gasteiger partial charge < -0.3 is 9.84 Å². The van der Waals surface area contributed by atoms with E-state index in [-0.39, 0.29) is 15.8 Å². The van der Waals surface area contributed by atoms with Gasteiger partial charge in [0, 0.05) is 30.6 Å². The minimum atomic E-state index is -3.82. The van der Waals surface area contributed by atoms with E-state index in [1.54, 1.807) is 6.92 Å². The molecule has 2 aromatic rings. The fraction of sp³-hybridized carbons (Fsp3) is 0.500. The van der Waals surface area contributed by atoms with Crippen molar-refractivity contribution in [1.82, 2.24) is 9.62 Å². The topological polar surface area (TPSA) is 95.9 Å². The van der Waals surface area contributed by atoms with E-state index in [2.05, 4.69) is 9.62 Å². The summed E-state index contributed by atoms with van der Waals surface area (Å²) in [5.74, 6) is -0.297. The Morgan fingerprint density at radius 1 is 1.32 bits per heavy atom. The van der Waals surface area contributed by atoms with Crippen LogP contribution in [0.4, 0.5) is 0 Å². The van der Waals surface area contributed by atoms with Gasteiger partial charge >= 0.3 is 5.97 Å². The van der Waals surface area contributed by atoms with Crippen LogP contribution >= 0.6 is 11.3 Å². The molecule has 0 spiro atoms. The van der Waals surface area contributed by atoms with Crippen LogP contribution in [-0.2, 0) is 34.3 Å². The Morgan fingerprint density at radius 3 is 2.55 bits per heavy atom. The Hall–Kier alpha value is -1.94. The number of hydrogen-bond acceptors (Lipinski definition) is 7. The number of nitrogens with zero attached hydrogens (tertiary/aromatic N) is 1. The van der Waals surface area contributed by atoms with Gasteiger partial charge in [-0.05, 0) is 55.9 Å². The summed E-state index contributed by atoms with van der Waals surface area (Å²) in [7, 11) is -2.55. The van der Waals surface area contributed by atoms with Crippen LogP contribution in [0.3, 0.4) is 0 Å². The van der Waals surface area contributed by atoms with Crippen LogP contribution < -0.4 is 4.72 Å². The second-order valence-electron chi connectivity index (χ2n) is 8.13. The highest BCUT2D eigenvalue weighted by molar-refractivity contribution is 7.91. The third-order valence-corrected chi connectivity index (χ3v) is 8.99. The normalized spacial score (nSPS) is 15.5. The SMILES string of the molecule is CCC(C)NS(=O)(=O)c1sc2c(c1C(=O)OC)CCN(Cc1cc(C)c(O)c(C)c1)C2. The van der Waals surface area contributed by atoms with Gasteiger partial charge in [0.2, 0.25) is 0 Å². The zero-order valence-corrected chi connectivity index (χ0v) is 20.2. The Labute approximate surface area is 188 Å². The van der Waals surface area contributed by atoms with Crippen molar-refractivity contribution in [2.24, 2.45) is 0 Å². The van der Waals surface area contributed by atoms with Gasteiger partial charge in [0.05, 0.1) is 12.7 Å². The molecule has 0 saturated heterocycles. The van der Waals surface area contributed by atoms with Gasteiger partial charge in [-0.2, -0.15) is 0 Å². The van der Waals surface area contributed by atoms with Crippen LogP contribution in [-0.4, -0.2) is 44.1 Å². The van der Waals surface area contributed by atoms with E-state index in [1.807, 2.05) is 32.9 Å². The van der Waals surface area contributed by atoms with Crippen molar-refractivity contribution in [3.05, 3.63) is 44.8 Å². The second kappa shape index (κ2) is 9.28. The van der Waals surface area contributed by atoms with Gasteiger partial charge in [-0.1, -0.05) is 19.1 Å². The van der Waals surface area contributed by atoms with E-state index in [9.17, 15) is 18.3 Å². The first kappa shape index (κ1) is 23.7. The molecule has 3 rings (SSSR count). The summed E-state index contributed by atoms with van der Waals surface area (Å²) < 4.78 is 33.6. The third kappa shape index (κ3) is 4.95. The molecule has 0 saturated carbocycles. The lowest BCUT2D eigenvalue weighted by Gasteiger charge is -2.27. The number of rotatable bonds is 7. The number of hydrogen-bond donors (Lipinski definition) is 2. The van der Waals surface area contributed by atoms with Crippen LogP contribution in [0.25, 0.3) is 0 Å². The number of fused-ring (bicyclic) bond motifs is 1. The van der Waals surface area contributed by atoms with Gasteiger partial charge in [0.15, 0.2) is 0 Å². The summed E-state index contributed by atoms with van der Waals surface area (Å²) in [6.45, 7) is 9.39. The van der Waals surface area contributed by atoms with Gasteiger partial charge in [-0.15, -0.1) is 11.3 Å². The first-order chi connectivity index (χ1) is 14.6. The number of esters is 1. The fourth-order valence-electron chi connectivity index (χ4n) is 3.86. The lowest BCUT2D eigenvalue weighted by molar-refractivity contribution is 0.0595. The molecule has 1 aliphatic rings. The van der Waals surface area contributed by atoms with Crippen LogP contribution in [0, 0.1) is 13.8 Å². The van der Waals surface area contributed by atoms with Crippen LogP contribution in [0.2, 0.25) is 0 Å². The molecule has 1 aliphatic heterocycles. The summed E-state index contributed by atoms with van der Waals surface area (Å²) in [6, 6.07) is 3.71. The minimum Gasteiger partial charge on any atom is -0.507 e. The molecule has 0 radical (unpaired) electrons. The van der Waals surface area contributed by atoms with Crippen molar-refractivity contribution in [2.45, 2.75) is 63.9 Å². The van der Waals surface area contributed by atoms with Crippen molar-refractivity contribution >= 4 is 27.3 Å². The molecule has 1 unspecified atom stereocenters. The number of sulfonamides is 1. The maximum atomic E-state index is 13.0. The molecule has 170 valence electrons. The number of aromatic hydroxyl groups is 1. The van der Waals surface area contributed by atoms with E-state index in [1.165, 1.54) is 7.11 Å². The third-order valence-electron chi connectivity index (χ3n) is 5.66. The van der Waals surface area contributed by atoms with E-state index >= 15 is 0 Å². The monoisotopic (exact) mass is 466 g/mol. The number of aryl methyl sites for hydroxylation is 2. The first-order valence-corrected chi connectivity index (χ1v) is 12.6. The summed E-state index contributed by atoms with van der Waals surface area (Å²) in [6.07, 6.45) is 1.22. The molecule has 7 nitrogen and oxygen atoms in total. The van der Waals surface area contributed by atoms with Gasteiger partial charge in [0.25, 0.3) is 10.0 Å². The highest BCUT2D eigenvalue weighted by atomic mass is 32.2. The van der Waals surface area contributed by atoms with Crippen molar-refractivity contribution in [2.75, 3.05) is 13.7 Å². The van der Waals surface area contributed by atoms with Crippen molar-refractivity contribution in [1.29, 1.82) is 0 Å².